The Balaban J connectivity index is 1.73. The monoisotopic (exact) mass is 220 g/mol. The SMILES string of the molecule is CC1CCC2CCC3CCCCC3C2CC1. The first-order valence-corrected chi connectivity index (χ1v) is 7.84. The van der Waals surface area contributed by atoms with Gasteiger partial charge >= 0.3 is 0 Å². The van der Waals surface area contributed by atoms with Gasteiger partial charge < -0.3 is 0 Å². The van der Waals surface area contributed by atoms with E-state index in [2.05, 4.69) is 6.92 Å². The van der Waals surface area contributed by atoms with E-state index in [1.165, 1.54) is 19.3 Å². The van der Waals surface area contributed by atoms with Gasteiger partial charge in [0.2, 0.25) is 0 Å². The number of rotatable bonds is 0. The largest absolute Gasteiger partial charge is 0.0625 e. The molecule has 0 aliphatic heterocycles. The molecule has 5 atom stereocenters. The van der Waals surface area contributed by atoms with Gasteiger partial charge in [0.05, 0.1) is 0 Å². The molecule has 0 aromatic heterocycles. The van der Waals surface area contributed by atoms with Crippen LogP contribution in [0.15, 0.2) is 0 Å². The summed E-state index contributed by atoms with van der Waals surface area (Å²) in [6, 6.07) is 0. The van der Waals surface area contributed by atoms with Gasteiger partial charge in [-0.1, -0.05) is 39.0 Å². The lowest BCUT2D eigenvalue weighted by Crippen LogP contribution is -2.36. The van der Waals surface area contributed by atoms with Crippen LogP contribution in [0.4, 0.5) is 0 Å². The summed E-state index contributed by atoms with van der Waals surface area (Å²) in [6.07, 6.45) is 15.6. The zero-order valence-corrected chi connectivity index (χ0v) is 11.0. The van der Waals surface area contributed by atoms with Gasteiger partial charge in [-0.3, -0.25) is 0 Å². The van der Waals surface area contributed by atoms with Crippen LogP contribution in [0.5, 0.6) is 0 Å². The topological polar surface area (TPSA) is 0 Å². The van der Waals surface area contributed by atoms with Crippen LogP contribution >= 0.6 is 0 Å². The van der Waals surface area contributed by atoms with Crippen molar-refractivity contribution in [1.29, 1.82) is 0 Å². The molecule has 0 aromatic carbocycles. The minimum Gasteiger partial charge on any atom is -0.0625 e. The molecule has 0 bridgehead atoms. The Hall–Kier alpha value is 0. The van der Waals surface area contributed by atoms with E-state index >= 15 is 0 Å². The minimum atomic E-state index is 1.02. The molecule has 3 fully saturated rings. The van der Waals surface area contributed by atoms with Crippen molar-refractivity contribution in [3.63, 3.8) is 0 Å². The van der Waals surface area contributed by atoms with Crippen molar-refractivity contribution >= 4 is 0 Å². The van der Waals surface area contributed by atoms with Crippen LogP contribution < -0.4 is 0 Å². The van der Waals surface area contributed by atoms with Crippen molar-refractivity contribution in [2.24, 2.45) is 29.6 Å². The predicted octanol–water partition coefficient (Wildman–Crippen LogP) is 5.03. The van der Waals surface area contributed by atoms with E-state index in [0.717, 1.165) is 29.6 Å². The molecule has 0 heteroatoms. The fourth-order valence-electron chi connectivity index (χ4n) is 5.08. The molecule has 0 saturated heterocycles. The minimum absolute atomic E-state index is 1.02. The van der Waals surface area contributed by atoms with Gasteiger partial charge in [0.25, 0.3) is 0 Å². The van der Waals surface area contributed by atoms with E-state index in [1.54, 1.807) is 44.9 Å². The molecule has 3 rings (SSSR count). The van der Waals surface area contributed by atoms with E-state index < -0.39 is 0 Å². The first-order chi connectivity index (χ1) is 7.84. The van der Waals surface area contributed by atoms with Gasteiger partial charge in [0.1, 0.15) is 0 Å². The van der Waals surface area contributed by atoms with Crippen molar-refractivity contribution in [2.75, 3.05) is 0 Å². The highest BCUT2D eigenvalue weighted by Gasteiger charge is 2.40. The molecule has 3 aliphatic carbocycles. The Bertz CT molecular complexity index is 232. The summed E-state index contributed by atoms with van der Waals surface area (Å²) in [5, 5.41) is 0. The summed E-state index contributed by atoms with van der Waals surface area (Å²) < 4.78 is 0. The standard InChI is InChI=1S/C16H28/c1-12-6-8-14-10-9-13-4-2-3-5-15(13)16(14)11-7-12/h12-16H,2-11H2,1H3. The fourth-order valence-corrected chi connectivity index (χ4v) is 5.08. The Morgan fingerprint density at radius 1 is 0.562 bits per heavy atom. The maximum Gasteiger partial charge on any atom is -0.0355 e. The van der Waals surface area contributed by atoms with Gasteiger partial charge in [-0.2, -0.15) is 0 Å². The quantitative estimate of drug-likeness (QED) is 0.537. The van der Waals surface area contributed by atoms with Crippen molar-refractivity contribution in [3.8, 4) is 0 Å². The lowest BCUT2D eigenvalue weighted by molar-refractivity contribution is 0.0499. The number of fused-ring (bicyclic) bond motifs is 3. The number of hydrogen-bond donors (Lipinski definition) is 0. The van der Waals surface area contributed by atoms with Gasteiger partial charge in [0.15, 0.2) is 0 Å². The van der Waals surface area contributed by atoms with E-state index in [4.69, 9.17) is 0 Å². The Kier molecular flexibility index (Phi) is 3.27. The molecule has 0 heterocycles. The van der Waals surface area contributed by atoms with Crippen LogP contribution in [0.3, 0.4) is 0 Å². The summed E-state index contributed by atoms with van der Waals surface area (Å²) in [4.78, 5) is 0. The van der Waals surface area contributed by atoms with Crippen molar-refractivity contribution in [3.05, 3.63) is 0 Å². The highest BCUT2D eigenvalue weighted by molar-refractivity contribution is 4.91. The Morgan fingerprint density at radius 2 is 1.12 bits per heavy atom. The fraction of sp³-hybridized carbons (Fsp3) is 1.00. The smallest absolute Gasteiger partial charge is 0.0355 e. The lowest BCUT2D eigenvalue weighted by Gasteiger charge is -2.45. The summed E-state index contributed by atoms with van der Waals surface area (Å²) in [6.45, 7) is 2.48. The van der Waals surface area contributed by atoms with E-state index in [9.17, 15) is 0 Å². The molecule has 0 radical (unpaired) electrons. The van der Waals surface area contributed by atoms with Crippen molar-refractivity contribution in [1.82, 2.24) is 0 Å². The number of hydrogen-bond acceptors (Lipinski definition) is 0. The molecule has 0 aromatic rings. The zero-order valence-electron chi connectivity index (χ0n) is 11.0. The maximum atomic E-state index is 2.48. The maximum absolute atomic E-state index is 2.48. The van der Waals surface area contributed by atoms with E-state index in [-0.39, 0.29) is 0 Å². The zero-order chi connectivity index (χ0) is 11.0. The molecule has 0 N–H and O–H groups in total. The second-order valence-corrected chi connectivity index (χ2v) is 6.97. The normalized spacial score (nSPS) is 48.9. The molecule has 0 amide bonds. The molecule has 3 saturated carbocycles. The van der Waals surface area contributed by atoms with Gasteiger partial charge in [0, 0.05) is 0 Å². The second-order valence-electron chi connectivity index (χ2n) is 6.97. The summed E-state index contributed by atoms with van der Waals surface area (Å²) in [5.41, 5.74) is 0. The van der Waals surface area contributed by atoms with Crippen molar-refractivity contribution < 1.29 is 0 Å². The van der Waals surface area contributed by atoms with Crippen LogP contribution in [0.2, 0.25) is 0 Å². The van der Waals surface area contributed by atoms with Crippen LogP contribution in [-0.2, 0) is 0 Å². The van der Waals surface area contributed by atoms with Crippen molar-refractivity contribution in [2.45, 2.75) is 71.1 Å². The molecule has 92 valence electrons. The summed E-state index contributed by atoms with van der Waals surface area (Å²) in [7, 11) is 0. The first-order valence-electron chi connectivity index (χ1n) is 7.84. The molecule has 0 nitrogen and oxygen atoms in total. The van der Waals surface area contributed by atoms with E-state index in [1.807, 2.05) is 0 Å². The third-order valence-electron chi connectivity index (χ3n) is 6.05. The average Bonchev–Trinajstić information content (AvgIpc) is 2.52. The summed E-state index contributed by atoms with van der Waals surface area (Å²) in [5.74, 6) is 5.59. The third kappa shape index (κ3) is 2.05. The van der Waals surface area contributed by atoms with Crippen LogP contribution in [0.25, 0.3) is 0 Å². The molecule has 5 unspecified atom stereocenters. The Labute approximate surface area is 101 Å². The Morgan fingerprint density at radius 3 is 2.00 bits per heavy atom. The summed E-state index contributed by atoms with van der Waals surface area (Å²) >= 11 is 0. The second kappa shape index (κ2) is 4.70. The highest BCUT2D eigenvalue weighted by atomic mass is 14.5. The van der Waals surface area contributed by atoms with Gasteiger partial charge in [-0.15, -0.1) is 0 Å². The average molecular weight is 220 g/mol. The van der Waals surface area contributed by atoms with Crippen LogP contribution in [0.1, 0.15) is 71.1 Å². The third-order valence-corrected chi connectivity index (χ3v) is 6.05. The first kappa shape index (κ1) is 11.1. The molecular weight excluding hydrogens is 192 g/mol. The van der Waals surface area contributed by atoms with Gasteiger partial charge in [-0.25, -0.2) is 0 Å². The lowest BCUT2D eigenvalue weighted by atomic mass is 9.60. The molecule has 3 aliphatic rings. The molecule has 16 heavy (non-hydrogen) atoms. The highest BCUT2D eigenvalue weighted by Crippen LogP contribution is 2.51. The van der Waals surface area contributed by atoms with E-state index in [0.29, 0.717) is 0 Å². The molecular formula is C16H28. The van der Waals surface area contributed by atoms with Gasteiger partial charge in [-0.05, 0) is 61.7 Å². The van der Waals surface area contributed by atoms with Crippen LogP contribution in [0, 0.1) is 29.6 Å². The van der Waals surface area contributed by atoms with Crippen LogP contribution in [-0.4, -0.2) is 0 Å². The predicted molar refractivity (Wildman–Crippen MR) is 69.3 cm³/mol. The molecule has 0 spiro atoms.